The Morgan fingerprint density at radius 1 is 0.732 bits per heavy atom. The van der Waals surface area contributed by atoms with Gasteiger partial charge in [-0.2, -0.15) is 4.72 Å². The zero-order chi connectivity index (χ0) is 30.3. The summed E-state index contributed by atoms with van der Waals surface area (Å²) >= 11 is 0. The number of nitrogens with one attached hydrogen (secondary N) is 3. The highest BCUT2D eigenvalue weighted by molar-refractivity contribution is 7.94. The summed E-state index contributed by atoms with van der Waals surface area (Å²) in [5.41, 5.74) is 1.89. The lowest BCUT2D eigenvalue weighted by Crippen LogP contribution is -2.39. The van der Waals surface area contributed by atoms with Gasteiger partial charge in [-0.05, 0) is 62.4 Å². The Kier molecular flexibility index (Phi) is 10.4. The molecule has 0 heterocycles. The van der Waals surface area contributed by atoms with Crippen LogP contribution in [0.2, 0.25) is 0 Å². The molecular formula is C28H31N3O7S3. The molecule has 0 spiro atoms. The minimum absolute atomic E-state index is 0.0259. The number of carbonyl (C=O) groups excluding carboxylic acids is 1. The second kappa shape index (κ2) is 13.4. The van der Waals surface area contributed by atoms with Crippen LogP contribution in [-0.2, 0) is 29.9 Å². The van der Waals surface area contributed by atoms with E-state index in [-0.39, 0.29) is 33.3 Å². The smallest absolute Gasteiger partial charge is 0.251 e. The monoisotopic (exact) mass is 617 g/mol. The third-order valence-electron chi connectivity index (χ3n) is 5.82. The van der Waals surface area contributed by atoms with Crippen LogP contribution in [0.3, 0.4) is 0 Å². The molecular weight excluding hydrogens is 587 g/mol. The maximum absolute atomic E-state index is 13.6. The van der Waals surface area contributed by atoms with Crippen LogP contribution in [-0.4, -0.2) is 49.6 Å². The molecule has 0 aliphatic heterocycles. The molecule has 3 rings (SSSR count). The number of sulfonamides is 2. The Morgan fingerprint density at radius 2 is 1.22 bits per heavy atom. The van der Waals surface area contributed by atoms with Gasteiger partial charge in [0.05, 0.1) is 14.7 Å². The summed E-state index contributed by atoms with van der Waals surface area (Å²) in [6.07, 6.45) is 3.76. The number of amides is 1. The van der Waals surface area contributed by atoms with E-state index in [1.165, 1.54) is 60.7 Å². The van der Waals surface area contributed by atoms with Crippen LogP contribution < -0.4 is 14.8 Å². The van der Waals surface area contributed by atoms with Gasteiger partial charge in [0.15, 0.2) is 9.84 Å². The van der Waals surface area contributed by atoms with Gasteiger partial charge in [-0.1, -0.05) is 53.6 Å². The molecule has 0 aliphatic carbocycles. The van der Waals surface area contributed by atoms with Crippen molar-refractivity contribution in [3.63, 3.8) is 0 Å². The highest BCUT2D eigenvalue weighted by Gasteiger charge is 2.30. The van der Waals surface area contributed by atoms with Crippen molar-refractivity contribution in [2.45, 2.75) is 33.9 Å². The molecule has 218 valence electrons. The standard InChI is InChI=1S/C28H31N3O7S3/c1-4-19-29-28(32)23-11-17-24(18-12-23)39(33,34)27(31-41(37,38)26-15-9-22(3)10-16-26)6-5-20-30-40(35,36)25-13-7-21(2)8-14-25/h4-18,27,30-31H,1,19-20H2,2-3H3,(H,29,32). The normalized spacial score (nSPS) is 13.1. The number of carbonyl (C=O) groups is 1. The van der Waals surface area contributed by atoms with Gasteiger partial charge >= 0.3 is 0 Å². The van der Waals surface area contributed by atoms with Gasteiger partial charge in [0.25, 0.3) is 5.91 Å². The van der Waals surface area contributed by atoms with Crippen LogP contribution >= 0.6 is 0 Å². The van der Waals surface area contributed by atoms with Crippen molar-refractivity contribution < 1.29 is 30.0 Å². The quantitative estimate of drug-likeness (QED) is 0.249. The minimum atomic E-state index is -4.38. The van der Waals surface area contributed by atoms with Crippen LogP contribution in [0.25, 0.3) is 0 Å². The van der Waals surface area contributed by atoms with Crippen LogP contribution in [0.4, 0.5) is 0 Å². The van der Waals surface area contributed by atoms with Gasteiger partial charge in [-0.25, -0.2) is 30.0 Å². The maximum Gasteiger partial charge on any atom is 0.251 e. The predicted molar refractivity (Wildman–Crippen MR) is 157 cm³/mol. The van der Waals surface area contributed by atoms with E-state index in [1.54, 1.807) is 31.2 Å². The molecule has 0 saturated carbocycles. The van der Waals surface area contributed by atoms with Crippen molar-refractivity contribution >= 4 is 35.8 Å². The van der Waals surface area contributed by atoms with Gasteiger partial charge in [-0.3, -0.25) is 4.79 Å². The lowest BCUT2D eigenvalue weighted by atomic mass is 10.2. The number of sulfone groups is 1. The Labute approximate surface area is 241 Å². The van der Waals surface area contributed by atoms with Gasteiger partial charge in [0.1, 0.15) is 5.37 Å². The van der Waals surface area contributed by atoms with Crippen molar-refractivity contribution in [2.24, 2.45) is 0 Å². The first-order chi connectivity index (χ1) is 19.3. The van der Waals surface area contributed by atoms with Crippen LogP contribution in [0.1, 0.15) is 21.5 Å². The molecule has 3 aromatic carbocycles. The zero-order valence-corrected chi connectivity index (χ0v) is 24.9. The molecule has 0 saturated heterocycles. The maximum atomic E-state index is 13.6. The summed E-state index contributed by atoms with van der Waals surface area (Å²) in [5, 5.41) is 0.785. The average molecular weight is 618 g/mol. The third-order valence-corrected chi connectivity index (χ3v) is 10.7. The zero-order valence-electron chi connectivity index (χ0n) is 22.4. The van der Waals surface area contributed by atoms with Crippen molar-refractivity contribution in [1.82, 2.24) is 14.8 Å². The second-order valence-electron chi connectivity index (χ2n) is 9.02. The first-order valence-corrected chi connectivity index (χ1v) is 16.8. The Morgan fingerprint density at radius 3 is 1.73 bits per heavy atom. The van der Waals surface area contributed by atoms with Crippen LogP contribution in [0.15, 0.2) is 112 Å². The number of hydrogen-bond donors (Lipinski definition) is 3. The Hall–Kier alpha value is -3.62. The largest absolute Gasteiger partial charge is 0.349 e. The van der Waals surface area contributed by atoms with E-state index in [2.05, 4.69) is 21.3 Å². The van der Waals surface area contributed by atoms with Gasteiger partial charge < -0.3 is 5.32 Å². The van der Waals surface area contributed by atoms with E-state index < -0.39 is 41.2 Å². The van der Waals surface area contributed by atoms with E-state index in [4.69, 9.17) is 0 Å². The van der Waals surface area contributed by atoms with Crippen LogP contribution in [0.5, 0.6) is 0 Å². The molecule has 3 aromatic rings. The summed E-state index contributed by atoms with van der Waals surface area (Å²) in [6.45, 7) is 7.02. The van der Waals surface area contributed by atoms with E-state index in [9.17, 15) is 30.0 Å². The predicted octanol–water partition coefficient (Wildman–Crippen LogP) is 2.83. The SMILES string of the molecule is C=CCNC(=O)c1ccc(S(=O)(=O)C(C=CCNS(=O)(=O)c2ccc(C)cc2)NS(=O)(=O)c2ccc(C)cc2)cc1. The molecule has 41 heavy (non-hydrogen) atoms. The first kappa shape index (κ1) is 31.9. The van der Waals surface area contributed by atoms with Gasteiger partial charge in [0, 0.05) is 18.7 Å². The highest BCUT2D eigenvalue weighted by Crippen LogP contribution is 2.20. The average Bonchev–Trinajstić information content (AvgIpc) is 2.93. The molecule has 0 radical (unpaired) electrons. The summed E-state index contributed by atoms with van der Waals surface area (Å²) in [7, 11) is -12.6. The molecule has 1 unspecified atom stereocenters. The van der Waals surface area contributed by atoms with Crippen molar-refractivity contribution in [3.8, 4) is 0 Å². The molecule has 0 aliphatic rings. The number of rotatable bonds is 13. The highest BCUT2D eigenvalue weighted by atomic mass is 32.2. The second-order valence-corrected chi connectivity index (χ2v) is 14.6. The van der Waals surface area contributed by atoms with Crippen molar-refractivity contribution in [2.75, 3.05) is 13.1 Å². The van der Waals surface area contributed by atoms with Gasteiger partial charge in [0.2, 0.25) is 20.0 Å². The van der Waals surface area contributed by atoms with E-state index >= 15 is 0 Å². The summed E-state index contributed by atoms with van der Waals surface area (Å²) in [6, 6.07) is 17.0. The topological polar surface area (TPSA) is 156 Å². The number of aryl methyl sites for hydroxylation is 2. The van der Waals surface area contributed by atoms with Crippen molar-refractivity contribution in [1.29, 1.82) is 0 Å². The molecule has 0 bridgehead atoms. The fraction of sp³-hybridized carbons (Fsp3) is 0.179. The van der Waals surface area contributed by atoms with E-state index in [1.807, 2.05) is 6.92 Å². The Bertz CT molecular complexity index is 1730. The van der Waals surface area contributed by atoms with Crippen molar-refractivity contribution in [3.05, 3.63) is 114 Å². The molecule has 10 nitrogen and oxygen atoms in total. The fourth-order valence-electron chi connectivity index (χ4n) is 3.50. The lowest BCUT2D eigenvalue weighted by molar-refractivity contribution is 0.0958. The molecule has 3 N–H and O–H groups in total. The van der Waals surface area contributed by atoms with Gasteiger partial charge in [-0.15, -0.1) is 6.58 Å². The number of benzene rings is 3. The third kappa shape index (κ3) is 8.44. The summed E-state index contributed by atoms with van der Waals surface area (Å²) in [5.74, 6) is -0.439. The summed E-state index contributed by atoms with van der Waals surface area (Å²) < 4.78 is 83.0. The molecule has 0 fully saturated rings. The first-order valence-electron chi connectivity index (χ1n) is 12.3. The molecule has 0 aromatic heterocycles. The number of hydrogen-bond acceptors (Lipinski definition) is 7. The van der Waals surface area contributed by atoms with E-state index in [0.29, 0.717) is 0 Å². The lowest BCUT2D eigenvalue weighted by Gasteiger charge is -2.17. The molecule has 1 amide bonds. The Balaban J connectivity index is 1.89. The van der Waals surface area contributed by atoms with E-state index in [0.717, 1.165) is 17.2 Å². The minimum Gasteiger partial charge on any atom is -0.349 e. The van der Waals surface area contributed by atoms with Crippen LogP contribution in [0, 0.1) is 13.8 Å². The molecule has 13 heteroatoms. The fourth-order valence-corrected chi connectivity index (χ4v) is 7.51. The molecule has 1 atom stereocenters. The summed E-state index contributed by atoms with van der Waals surface area (Å²) in [4.78, 5) is 11.8.